The van der Waals surface area contributed by atoms with Crippen molar-refractivity contribution in [2.45, 2.75) is 6.04 Å². The van der Waals surface area contributed by atoms with Gasteiger partial charge in [0.1, 0.15) is 6.61 Å². The van der Waals surface area contributed by atoms with Gasteiger partial charge in [0, 0.05) is 6.07 Å². The highest BCUT2D eigenvalue weighted by Gasteiger charge is 2.14. The van der Waals surface area contributed by atoms with E-state index in [1.165, 1.54) is 25.3 Å². The highest BCUT2D eigenvalue weighted by molar-refractivity contribution is 5.48. The molecule has 0 aliphatic carbocycles. The molecular formula is C15H16N2O4. The van der Waals surface area contributed by atoms with Gasteiger partial charge in [-0.3, -0.25) is 10.1 Å². The van der Waals surface area contributed by atoms with Gasteiger partial charge >= 0.3 is 0 Å². The van der Waals surface area contributed by atoms with Crippen LogP contribution in [0.3, 0.4) is 0 Å². The molecule has 1 atom stereocenters. The molecule has 0 aliphatic heterocycles. The first-order chi connectivity index (χ1) is 10.1. The topological polar surface area (TPSA) is 87.6 Å². The number of nitro groups is 1. The van der Waals surface area contributed by atoms with E-state index in [2.05, 4.69) is 0 Å². The second-order valence-electron chi connectivity index (χ2n) is 4.42. The molecule has 0 aliphatic rings. The number of nitro benzene ring substituents is 1. The molecule has 6 heteroatoms. The smallest absolute Gasteiger partial charge is 0.273 e. The fourth-order valence-electron chi connectivity index (χ4n) is 1.87. The molecule has 6 nitrogen and oxygen atoms in total. The van der Waals surface area contributed by atoms with Crippen LogP contribution in [0.1, 0.15) is 11.6 Å². The molecule has 2 aromatic rings. The van der Waals surface area contributed by atoms with E-state index in [9.17, 15) is 10.1 Å². The molecule has 0 saturated heterocycles. The predicted octanol–water partition coefficient (Wildman–Crippen LogP) is 2.68. The summed E-state index contributed by atoms with van der Waals surface area (Å²) in [5.74, 6) is 0.735. The first kappa shape index (κ1) is 14.8. The van der Waals surface area contributed by atoms with E-state index in [1.807, 2.05) is 30.3 Å². The molecule has 0 spiro atoms. The Hall–Kier alpha value is -2.60. The van der Waals surface area contributed by atoms with Crippen LogP contribution in [-0.2, 0) is 0 Å². The molecule has 2 aromatic carbocycles. The van der Waals surface area contributed by atoms with Crippen LogP contribution < -0.4 is 15.2 Å². The Bertz CT molecular complexity index is 616. The number of hydrogen-bond donors (Lipinski definition) is 1. The SMILES string of the molecule is COc1cc([N+](=O)[O-])ccc1OCC(N)c1ccccc1. The zero-order valence-corrected chi connectivity index (χ0v) is 11.6. The zero-order valence-electron chi connectivity index (χ0n) is 11.6. The molecule has 0 fully saturated rings. The quantitative estimate of drug-likeness (QED) is 0.652. The van der Waals surface area contributed by atoms with Crippen LogP contribution in [0.15, 0.2) is 48.5 Å². The number of methoxy groups -OCH3 is 1. The van der Waals surface area contributed by atoms with Gasteiger partial charge < -0.3 is 15.2 Å². The zero-order chi connectivity index (χ0) is 15.2. The summed E-state index contributed by atoms with van der Waals surface area (Å²) in [5, 5.41) is 10.7. The van der Waals surface area contributed by atoms with E-state index in [0.717, 1.165) is 5.56 Å². The van der Waals surface area contributed by atoms with Gasteiger partial charge in [-0.05, 0) is 11.6 Å². The third-order valence-corrected chi connectivity index (χ3v) is 3.00. The lowest BCUT2D eigenvalue weighted by Crippen LogP contribution is -2.19. The van der Waals surface area contributed by atoms with Crippen LogP contribution in [-0.4, -0.2) is 18.6 Å². The average molecular weight is 288 g/mol. The van der Waals surface area contributed by atoms with Crippen molar-refractivity contribution in [3.05, 3.63) is 64.2 Å². The molecule has 0 amide bonds. The fourth-order valence-corrected chi connectivity index (χ4v) is 1.87. The Kier molecular flexibility index (Phi) is 4.73. The number of hydrogen-bond acceptors (Lipinski definition) is 5. The Balaban J connectivity index is 2.08. The summed E-state index contributed by atoms with van der Waals surface area (Å²) in [6, 6.07) is 13.5. The van der Waals surface area contributed by atoms with Crippen LogP contribution in [0.25, 0.3) is 0 Å². The van der Waals surface area contributed by atoms with E-state index in [4.69, 9.17) is 15.2 Å². The third-order valence-electron chi connectivity index (χ3n) is 3.00. The second-order valence-corrected chi connectivity index (χ2v) is 4.42. The average Bonchev–Trinajstić information content (AvgIpc) is 2.53. The van der Waals surface area contributed by atoms with Crippen LogP contribution >= 0.6 is 0 Å². The van der Waals surface area contributed by atoms with Crippen molar-refractivity contribution in [1.29, 1.82) is 0 Å². The van der Waals surface area contributed by atoms with Crippen molar-refractivity contribution in [3.63, 3.8) is 0 Å². The maximum absolute atomic E-state index is 10.7. The maximum Gasteiger partial charge on any atom is 0.273 e. The standard InChI is InChI=1S/C15H16N2O4/c1-20-15-9-12(17(18)19)7-8-14(15)21-10-13(16)11-5-3-2-4-6-11/h2-9,13H,10,16H2,1H3. The minimum atomic E-state index is -0.484. The summed E-state index contributed by atoms with van der Waals surface area (Å²) in [7, 11) is 1.43. The van der Waals surface area contributed by atoms with Crippen LogP contribution in [0.2, 0.25) is 0 Å². The first-order valence-electron chi connectivity index (χ1n) is 6.37. The van der Waals surface area contributed by atoms with Crippen molar-refractivity contribution in [2.75, 3.05) is 13.7 Å². The van der Waals surface area contributed by atoms with E-state index in [1.54, 1.807) is 0 Å². The monoisotopic (exact) mass is 288 g/mol. The molecule has 1 unspecified atom stereocenters. The molecule has 0 radical (unpaired) electrons. The summed E-state index contributed by atoms with van der Waals surface area (Å²) >= 11 is 0. The van der Waals surface area contributed by atoms with Gasteiger partial charge in [0.05, 0.1) is 24.1 Å². The van der Waals surface area contributed by atoms with Gasteiger partial charge in [-0.25, -0.2) is 0 Å². The lowest BCUT2D eigenvalue weighted by molar-refractivity contribution is -0.384. The molecule has 2 N–H and O–H groups in total. The number of non-ortho nitro benzene ring substituents is 1. The van der Waals surface area contributed by atoms with Crippen molar-refractivity contribution in [2.24, 2.45) is 5.73 Å². The highest BCUT2D eigenvalue weighted by atomic mass is 16.6. The second kappa shape index (κ2) is 6.71. The normalized spacial score (nSPS) is 11.7. The Morgan fingerprint density at radius 1 is 1.19 bits per heavy atom. The summed E-state index contributed by atoms with van der Waals surface area (Å²) in [5.41, 5.74) is 6.95. The van der Waals surface area contributed by atoms with Gasteiger partial charge in [0.25, 0.3) is 5.69 Å². The van der Waals surface area contributed by atoms with Gasteiger partial charge in [0.15, 0.2) is 11.5 Å². The van der Waals surface area contributed by atoms with Crippen molar-refractivity contribution in [1.82, 2.24) is 0 Å². The van der Waals surface area contributed by atoms with Gasteiger partial charge in [0.2, 0.25) is 0 Å². The molecule has 21 heavy (non-hydrogen) atoms. The number of nitrogens with two attached hydrogens (primary N) is 1. The third kappa shape index (κ3) is 3.70. The minimum absolute atomic E-state index is 0.0495. The summed E-state index contributed by atoms with van der Waals surface area (Å²) in [4.78, 5) is 10.2. The lowest BCUT2D eigenvalue weighted by atomic mass is 10.1. The molecular weight excluding hydrogens is 272 g/mol. The first-order valence-corrected chi connectivity index (χ1v) is 6.37. The van der Waals surface area contributed by atoms with Gasteiger partial charge in [-0.1, -0.05) is 30.3 Å². The molecule has 0 saturated carbocycles. The van der Waals surface area contributed by atoms with E-state index >= 15 is 0 Å². The van der Waals surface area contributed by atoms with Crippen molar-refractivity contribution >= 4 is 5.69 Å². The Morgan fingerprint density at radius 3 is 2.52 bits per heavy atom. The fraction of sp³-hybridized carbons (Fsp3) is 0.200. The number of benzene rings is 2. The molecule has 0 heterocycles. The van der Waals surface area contributed by atoms with Crippen LogP contribution in [0.4, 0.5) is 5.69 Å². The highest BCUT2D eigenvalue weighted by Crippen LogP contribution is 2.31. The molecule has 2 rings (SSSR count). The molecule has 0 bridgehead atoms. The van der Waals surface area contributed by atoms with Crippen LogP contribution in [0, 0.1) is 10.1 Å². The van der Waals surface area contributed by atoms with Gasteiger partial charge in [-0.2, -0.15) is 0 Å². The molecule has 110 valence electrons. The summed E-state index contributed by atoms with van der Waals surface area (Å²) in [6.45, 7) is 0.248. The van der Waals surface area contributed by atoms with Crippen molar-refractivity contribution < 1.29 is 14.4 Å². The Morgan fingerprint density at radius 2 is 1.90 bits per heavy atom. The minimum Gasteiger partial charge on any atom is -0.493 e. The largest absolute Gasteiger partial charge is 0.493 e. The van der Waals surface area contributed by atoms with E-state index in [0.29, 0.717) is 11.5 Å². The van der Waals surface area contributed by atoms with Crippen LogP contribution in [0.5, 0.6) is 11.5 Å². The van der Waals surface area contributed by atoms with Gasteiger partial charge in [-0.15, -0.1) is 0 Å². The van der Waals surface area contributed by atoms with Crippen molar-refractivity contribution in [3.8, 4) is 11.5 Å². The van der Waals surface area contributed by atoms with E-state index in [-0.39, 0.29) is 18.3 Å². The number of rotatable bonds is 6. The number of ether oxygens (including phenoxy) is 2. The maximum atomic E-state index is 10.7. The summed E-state index contributed by atoms with van der Waals surface area (Å²) in [6.07, 6.45) is 0. The molecule has 0 aromatic heterocycles. The Labute approximate surface area is 122 Å². The predicted molar refractivity (Wildman–Crippen MR) is 78.5 cm³/mol. The summed E-state index contributed by atoms with van der Waals surface area (Å²) < 4.78 is 10.7. The van der Waals surface area contributed by atoms with E-state index < -0.39 is 4.92 Å². The number of nitrogens with zero attached hydrogens (tertiary/aromatic N) is 1. The lowest BCUT2D eigenvalue weighted by Gasteiger charge is -2.15.